The number of rotatable bonds is 5. The first-order chi connectivity index (χ1) is 8.54. The normalized spacial score (nSPS) is 11.1. The summed E-state index contributed by atoms with van der Waals surface area (Å²) in [5.74, 6) is 1.65. The van der Waals surface area contributed by atoms with Crippen molar-refractivity contribution in [2.24, 2.45) is 5.73 Å². The van der Waals surface area contributed by atoms with Gasteiger partial charge < -0.3 is 16.4 Å². The molecule has 0 saturated carbocycles. The van der Waals surface area contributed by atoms with Gasteiger partial charge in [-0.1, -0.05) is 5.92 Å². The molecule has 5 heteroatoms. The highest BCUT2D eigenvalue weighted by Gasteiger charge is 2.11. The molecule has 0 aromatic heterocycles. The van der Waals surface area contributed by atoms with Crippen LogP contribution in [0.4, 0.5) is 5.69 Å². The van der Waals surface area contributed by atoms with Crippen LogP contribution in [0.3, 0.4) is 0 Å². The van der Waals surface area contributed by atoms with E-state index in [2.05, 4.69) is 16.6 Å². The monoisotopic (exact) mass is 245 g/mol. The molecule has 0 aliphatic heterocycles. The lowest BCUT2D eigenvalue weighted by molar-refractivity contribution is -0.121. The van der Waals surface area contributed by atoms with E-state index in [0.29, 0.717) is 5.56 Å². The Morgan fingerprint density at radius 1 is 1.39 bits per heavy atom. The number of carbonyl (C=O) groups excluding carboxylic acids is 2. The van der Waals surface area contributed by atoms with Gasteiger partial charge in [-0.05, 0) is 31.2 Å². The van der Waals surface area contributed by atoms with E-state index in [1.807, 2.05) is 0 Å². The van der Waals surface area contributed by atoms with Crippen LogP contribution in [0.1, 0.15) is 17.3 Å². The van der Waals surface area contributed by atoms with E-state index in [4.69, 9.17) is 12.2 Å². The van der Waals surface area contributed by atoms with Crippen molar-refractivity contribution in [3.8, 4) is 12.3 Å². The molecule has 0 bridgehead atoms. The van der Waals surface area contributed by atoms with Crippen molar-refractivity contribution < 1.29 is 9.59 Å². The SMILES string of the molecule is C#CCNC(=O)[C@@H](C)Nc1ccc(C(N)=O)cc1. The average Bonchev–Trinajstić information content (AvgIpc) is 2.36. The molecule has 1 rings (SSSR count). The van der Waals surface area contributed by atoms with Gasteiger partial charge in [0.05, 0.1) is 6.54 Å². The van der Waals surface area contributed by atoms with Crippen LogP contribution < -0.4 is 16.4 Å². The molecule has 0 spiro atoms. The highest BCUT2D eigenvalue weighted by atomic mass is 16.2. The van der Waals surface area contributed by atoms with Crippen molar-refractivity contribution in [3.63, 3.8) is 0 Å². The molecule has 0 aliphatic rings. The predicted octanol–water partition coefficient (Wildman–Crippen LogP) is 0.335. The number of hydrogen-bond acceptors (Lipinski definition) is 3. The summed E-state index contributed by atoms with van der Waals surface area (Å²) in [5, 5.41) is 5.55. The van der Waals surface area contributed by atoms with E-state index in [1.165, 1.54) is 0 Å². The lowest BCUT2D eigenvalue weighted by Gasteiger charge is -2.14. The lowest BCUT2D eigenvalue weighted by atomic mass is 10.2. The largest absolute Gasteiger partial charge is 0.374 e. The number of carbonyl (C=O) groups is 2. The van der Waals surface area contributed by atoms with Crippen LogP contribution in [0.15, 0.2) is 24.3 Å². The Hall–Kier alpha value is -2.48. The molecule has 4 N–H and O–H groups in total. The van der Waals surface area contributed by atoms with E-state index >= 15 is 0 Å². The fourth-order valence-corrected chi connectivity index (χ4v) is 1.34. The molecule has 5 nitrogen and oxygen atoms in total. The number of terminal acetylenes is 1. The summed E-state index contributed by atoms with van der Waals surface area (Å²) in [6.45, 7) is 1.92. The van der Waals surface area contributed by atoms with Gasteiger partial charge in [-0.25, -0.2) is 0 Å². The van der Waals surface area contributed by atoms with Crippen LogP contribution in [0.5, 0.6) is 0 Å². The van der Waals surface area contributed by atoms with Gasteiger partial charge in [-0.3, -0.25) is 9.59 Å². The molecule has 1 atom stereocenters. The second-order valence-corrected chi connectivity index (χ2v) is 3.73. The topological polar surface area (TPSA) is 84.2 Å². The molecule has 0 heterocycles. The number of primary amides is 1. The van der Waals surface area contributed by atoms with E-state index in [9.17, 15) is 9.59 Å². The molecule has 1 aromatic carbocycles. The summed E-state index contributed by atoms with van der Waals surface area (Å²) in [5.41, 5.74) is 6.27. The van der Waals surface area contributed by atoms with Gasteiger partial charge in [0, 0.05) is 11.3 Å². The van der Waals surface area contributed by atoms with Crippen LogP contribution in [0.25, 0.3) is 0 Å². The Balaban J connectivity index is 2.59. The molecule has 2 amide bonds. The number of anilines is 1. The number of amides is 2. The van der Waals surface area contributed by atoms with Crippen LogP contribution in [0.2, 0.25) is 0 Å². The van der Waals surface area contributed by atoms with Gasteiger partial charge in [0.15, 0.2) is 0 Å². The Morgan fingerprint density at radius 2 is 2.00 bits per heavy atom. The molecule has 0 saturated heterocycles. The standard InChI is InChI=1S/C13H15N3O2/c1-3-8-15-13(18)9(2)16-11-6-4-10(5-7-11)12(14)17/h1,4-7,9,16H,8H2,2H3,(H2,14,17)(H,15,18)/t9-/m1/s1. The highest BCUT2D eigenvalue weighted by Crippen LogP contribution is 2.10. The van der Waals surface area contributed by atoms with Crippen molar-refractivity contribution >= 4 is 17.5 Å². The summed E-state index contributed by atoms with van der Waals surface area (Å²) < 4.78 is 0. The number of nitrogens with one attached hydrogen (secondary N) is 2. The van der Waals surface area contributed by atoms with E-state index in [1.54, 1.807) is 31.2 Å². The Labute approximate surface area is 106 Å². The summed E-state index contributed by atoms with van der Waals surface area (Å²) in [6, 6.07) is 6.14. The second kappa shape index (κ2) is 6.30. The zero-order chi connectivity index (χ0) is 13.5. The van der Waals surface area contributed by atoms with Crippen molar-refractivity contribution in [3.05, 3.63) is 29.8 Å². The van der Waals surface area contributed by atoms with Crippen molar-refractivity contribution in [1.82, 2.24) is 5.32 Å². The third-order valence-corrected chi connectivity index (χ3v) is 2.31. The van der Waals surface area contributed by atoms with Crippen LogP contribution >= 0.6 is 0 Å². The van der Waals surface area contributed by atoms with Crippen molar-refractivity contribution in [2.45, 2.75) is 13.0 Å². The summed E-state index contributed by atoms with van der Waals surface area (Å²) in [7, 11) is 0. The zero-order valence-electron chi connectivity index (χ0n) is 10.1. The lowest BCUT2D eigenvalue weighted by Crippen LogP contribution is -2.37. The molecule has 18 heavy (non-hydrogen) atoms. The summed E-state index contributed by atoms with van der Waals surface area (Å²) >= 11 is 0. The number of benzene rings is 1. The van der Waals surface area contributed by atoms with Gasteiger partial charge in [0.1, 0.15) is 6.04 Å². The van der Waals surface area contributed by atoms with Gasteiger partial charge >= 0.3 is 0 Å². The number of hydrogen-bond donors (Lipinski definition) is 3. The minimum Gasteiger partial charge on any atom is -0.374 e. The minimum atomic E-state index is -0.485. The van der Waals surface area contributed by atoms with Crippen LogP contribution in [-0.2, 0) is 4.79 Å². The molecular formula is C13H15N3O2. The van der Waals surface area contributed by atoms with E-state index < -0.39 is 11.9 Å². The van der Waals surface area contributed by atoms with Crippen molar-refractivity contribution in [2.75, 3.05) is 11.9 Å². The molecule has 0 radical (unpaired) electrons. The first kappa shape index (κ1) is 13.6. The fraction of sp³-hybridized carbons (Fsp3) is 0.231. The third kappa shape index (κ3) is 3.83. The van der Waals surface area contributed by atoms with E-state index in [0.717, 1.165) is 5.69 Å². The zero-order valence-corrected chi connectivity index (χ0v) is 10.1. The first-order valence-electron chi connectivity index (χ1n) is 5.42. The van der Waals surface area contributed by atoms with Crippen LogP contribution in [-0.4, -0.2) is 24.4 Å². The highest BCUT2D eigenvalue weighted by molar-refractivity contribution is 5.93. The summed E-state index contributed by atoms with van der Waals surface area (Å²) in [6.07, 6.45) is 5.05. The average molecular weight is 245 g/mol. The Morgan fingerprint density at radius 3 is 2.50 bits per heavy atom. The molecule has 94 valence electrons. The molecular weight excluding hydrogens is 230 g/mol. The molecule has 0 aliphatic carbocycles. The van der Waals surface area contributed by atoms with Crippen molar-refractivity contribution in [1.29, 1.82) is 0 Å². The van der Waals surface area contributed by atoms with Gasteiger partial charge in [0.2, 0.25) is 11.8 Å². The first-order valence-corrected chi connectivity index (χ1v) is 5.42. The Bertz CT molecular complexity index is 474. The maximum absolute atomic E-state index is 11.5. The molecule has 0 unspecified atom stereocenters. The smallest absolute Gasteiger partial charge is 0.248 e. The number of nitrogens with two attached hydrogens (primary N) is 1. The van der Waals surface area contributed by atoms with Gasteiger partial charge in [0.25, 0.3) is 0 Å². The Kier molecular flexibility index (Phi) is 4.76. The fourth-order valence-electron chi connectivity index (χ4n) is 1.34. The van der Waals surface area contributed by atoms with E-state index in [-0.39, 0.29) is 12.5 Å². The third-order valence-electron chi connectivity index (χ3n) is 2.31. The summed E-state index contributed by atoms with van der Waals surface area (Å²) in [4.78, 5) is 22.4. The maximum atomic E-state index is 11.5. The van der Waals surface area contributed by atoms with Gasteiger partial charge in [-0.15, -0.1) is 6.42 Å². The quantitative estimate of drug-likeness (QED) is 0.654. The molecule has 1 aromatic rings. The maximum Gasteiger partial charge on any atom is 0.248 e. The van der Waals surface area contributed by atoms with Gasteiger partial charge in [-0.2, -0.15) is 0 Å². The molecule has 0 fully saturated rings. The predicted molar refractivity (Wildman–Crippen MR) is 69.9 cm³/mol. The second-order valence-electron chi connectivity index (χ2n) is 3.73. The minimum absolute atomic E-state index is 0.188. The van der Waals surface area contributed by atoms with Crippen LogP contribution in [0, 0.1) is 12.3 Å².